The minimum atomic E-state index is -0.386. The molecular formula is C15H23N5O2. The number of nitrogens with zero attached hydrogens (tertiary/aromatic N) is 4. The summed E-state index contributed by atoms with van der Waals surface area (Å²) in [7, 11) is 1.63. The maximum Gasteiger partial charge on any atom is 0.233 e. The number of nitrogens with one attached hydrogen (secondary N) is 1. The van der Waals surface area contributed by atoms with E-state index in [4.69, 9.17) is 6.42 Å². The molecule has 1 fully saturated rings. The summed E-state index contributed by atoms with van der Waals surface area (Å²) in [6, 6.07) is 0. The van der Waals surface area contributed by atoms with E-state index >= 15 is 0 Å². The van der Waals surface area contributed by atoms with Crippen LogP contribution in [0.25, 0.3) is 0 Å². The first-order valence-electron chi connectivity index (χ1n) is 7.67. The van der Waals surface area contributed by atoms with Crippen molar-refractivity contribution in [3.63, 3.8) is 0 Å². The van der Waals surface area contributed by atoms with E-state index in [2.05, 4.69) is 26.4 Å². The number of rotatable bonds is 7. The summed E-state index contributed by atoms with van der Waals surface area (Å²) in [4.78, 5) is 27.5. The molecule has 0 unspecified atom stereocenters. The minimum absolute atomic E-state index is 0.00666. The number of carbonyl (C=O) groups excluding carboxylic acids is 2. The third kappa shape index (κ3) is 4.53. The van der Waals surface area contributed by atoms with Crippen LogP contribution in [0.1, 0.15) is 25.7 Å². The highest BCUT2D eigenvalue weighted by Crippen LogP contribution is 2.37. The molecular weight excluding hydrogens is 282 g/mol. The molecule has 0 aromatic carbocycles. The Morgan fingerprint density at radius 3 is 2.45 bits per heavy atom. The van der Waals surface area contributed by atoms with E-state index in [1.165, 1.54) is 0 Å². The maximum absolute atomic E-state index is 12.2. The molecule has 2 heterocycles. The number of likely N-dealkylation sites (N-methyl/N-ethyl adjacent to an activating group) is 1. The zero-order valence-electron chi connectivity index (χ0n) is 13.0. The molecule has 0 spiro atoms. The van der Waals surface area contributed by atoms with Crippen molar-refractivity contribution in [1.29, 1.82) is 0 Å². The third-order valence-corrected chi connectivity index (χ3v) is 4.16. The fourth-order valence-corrected chi connectivity index (χ4v) is 2.57. The molecule has 2 aliphatic heterocycles. The zero-order valence-corrected chi connectivity index (χ0v) is 13.0. The van der Waals surface area contributed by atoms with Gasteiger partial charge in [0, 0.05) is 58.9 Å². The molecule has 120 valence electrons. The van der Waals surface area contributed by atoms with E-state index in [9.17, 15) is 9.59 Å². The Balaban J connectivity index is 1.67. The molecule has 0 radical (unpaired) electrons. The second kappa shape index (κ2) is 7.36. The molecule has 7 nitrogen and oxygen atoms in total. The van der Waals surface area contributed by atoms with Gasteiger partial charge in [-0.25, -0.2) is 0 Å². The molecule has 1 N–H and O–H groups in total. The van der Waals surface area contributed by atoms with Gasteiger partial charge in [0.15, 0.2) is 5.66 Å². The summed E-state index contributed by atoms with van der Waals surface area (Å²) in [6.45, 7) is 3.20. The second-order valence-corrected chi connectivity index (χ2v) is 5.72. The lowest BCUT2D eigenvalue weighted by atomic mass is 10.0. The molecule has 22 heavy (non-hydrogen) atoms. The van der Waals surface area contributed by atoms with Gasteiger partial charge in [-0.15, -0.1) is 12.3 Å². The molecule has 0 saturated carbocycles. The highest BCUT2D eigenvalue weighted by atomic mass is 16.2. The Morgan fingerprint density at radius 1 is 1.23 bits per heavy atom. The van der Waals surface area contributed by atoms with Gasteiger partial charge < -0.3 is 10.2 Å². The van der Waals surface area contributed by atoms with E-state index in [0.717, 1.165) is 19.5 Å². The lowest BCUT2D eigenvalue weighted by Crippen LogP contribution is -2.51. The number of carbonyl (C=O) groups is 2. The molecule has 0 aromatic rings. The van der Waals surface area contributed by atoms with E-state index < -0.39 is 0 Å². The number of hydrogen-bond donors (Lipinski definition) is 1. The van der Waals surface area contributed by atoms with E-state index in [1.54, 1.807) is 7.05 Å². The Labute approximate surface area is 131 Å². The first-order valence-corrected chi connectivity index (χ1v) is 7.67. The molecule has 0 aromatic heterocycles. The molecule has 1 saturated heterocycles. The molecule has 2 aliphatic rings. The first kappa shape index (κ1) is 16.4. The van der Waals surface area contributed by atoms with Crippen molar-refractivity contribution < 1.29 is 9.59 Å². The van der Waals surface area contributed by atoms with Gasteiger partial charge in [-0.2, -0.15) is 10.2 Å². The van der Waals surface area contributed by atoms with Gasteiger partial charge in [0.05, 0.1) is 6.54 Å². The SMILES string of the molecule is C#CCCC1(CCC(=O)N2CCN(CC(=O)NC)CC2)N=N1. The fourth-order valence-electron chi connectivity index (χ4n) is 2.57. The van der Waals surface area contributed by atoms with Crippen LogP contribution in [0.5, 0.6) is 0 Å². The van der Waals surface area contributed by atoms with Crippen molar-refractivity contribution in [1.82, 2.24) is 15.1 Å². The Hall–Kier alpha value is -1.94. The van der Waals surface area contributed by atoms with Gasteiger partial charge >= 0.3 is 0 Å². The van der Waals surface area contributed by atoms with Crippen molar-refractivity contribution in [2.24, 2.45) is 10.2 Å². The summed E-state index contributed by atoms with van der Waals surface area (Å²) >= 11 is 0. The van der Waals surface area contributed by atoms with Crippen LogP contribution in [0.15, 0.2) is 10.2 Å². The molecule has 0 bridgehead atoms. The summed E-state index contributed by atoms with van der Waals surface area (Å²) in [6.07, 6.45) is 7.72. The molecule has 2 amide bonds. The smallest absolute Gasteiger partial charge is 0.233 e. The lowest BCUT2D eigenvalue weighted by Gasteiger charge is -2.34. The lowest BCUT2D eigenvalue weighted by molar-refractivity contribution is -0.133. The van der Waals surface area contributed by atoms with Gasteiger partial charge in [-0.3, -0.25) is 14.5 Å². The highest BCUT2D eigenvalue weighted by molar-refractivity contribution is 5.78. The number of piperazine rings is 1. The van der Waals surface area contributed by atoms with Crippen LogP contribution in [0.2, 0.25) is 0 Å². The number of amides is 2. The zero-order chi connectivity index (χ0) is 16.0. The van der Waals surface area contributed by atoms with Crippen molar-refractivity contribution in [3.8, 4) is 12.3 Å². The van der Waals surface area contributed by atoms with Gasteiger partial charge in [0.1, 0.15) is 0 Å². The Bertz CT molecular complexity index is 483. The number of hydrogen-bond acceptors (Lipinski definition) is 5. The molecule has 7 heteroatoms. The average Bonchev–Trinajstić information content (AvgIpc) is 3.31. The average molecular weight is 305 g/mol. The van der Waals surface area contributed by atoms with Crippen LogP contribution in [0.4, 0.5) is 0 Å². The van der Waals surface area contributed by atoms with E-state index in [1.807, 2.05) is 4.90 Å². The normalized spacial score (nSPS) is 19.5. The minimum Gasteiger partial charge on any atom is -0.358 e. The third-order valence-electron chi connectivity index (χ3n) is 4.16. The summed E-state index contributed by atoms with van der Waals surface area (Å²) in [5, 5.41) is 10.7. The molecule has 2 rings (SSSR count). The maximum atomic E-state index is 12.2. The Kier molecular flexibility index (Phi) is 5.50. The Morgan fingerprint density at radius 2 is 1.91 bits per heavy atom. The predicted molar refractivity (Wildman–Crippen MR) is 82.0 cm³/mol. The van der Waals surface area contributed by atoms with Crippen LogP contribution in [-0.2, 0) is 9.59 Å². The van der Waals surface area contributed by atoms with Gasteiger partial charge in [-0.05, 0) is 0 Å². The second-order valence-electron chi connectivity index (χ2n) is 5.72. The van der Waals surface area contributed by atoms with Gasteiger partial charge in [0.25, 0.3) is 0 Å². The molecule has 0 atom stereocenters. The fraction of sp³-hybridized carbons (Fsp3) is 0.733. The number of terminal acetylenes is 1. The topological polar surface area (TPSA) is 77.4 Å². The van der Waals surface area contributed by atoms with Crippen LogP contribution in [0.3, 0.4) is 0 Å². The van der Waals surface area contributed by atoms with Gasteiger partial charge in [-0.1, -0.05) is 0 Å². The monoisotopic (exact) mass is 305 g/mol. The standard InChI is InChI=1S/C15H23N5O2/c1-3-4-6-15(17-18-15)7-5-14(22)20-10-8-19(9-11-20)12-13(21)16-2/h1H,4-12H2,2H3,(H,16,21). The van der Waals surface area contributed by atoms with Crippen LogP contribution in [-0.4, -0.2) is 67.0 Å². The van der Waals surface area contributed by atoms with Crippen LogP contribution in [0, 0.1) is 12.3 Å². The summed E-state index contributed by atoms with van der Waals surface area (Å²) in [5.41, 5.74) is -0.386. The first-order chi connectivity index (χ1) is 10.6. The predicted octanol–water partition coefficient (Wildman–Crippen LogP) is 0.232. The van der Waals surface area contributed by atoms with Crippen LogP contribution >= 0.6 is 0 Å². The van der Waals surface area contributed by atoms with Crippen molar-refractivity contribution in [3.05, 3.63) is 0 Å². The van der Waals surface area contributed by atoms with Crippen LogP contribution < -0.4 is 5.32 Å². The quantitative estimate of drug-likeness (QED) is 0.684. The van der Waals surface area contributed by atoms with Gasteiger partial charge in [0.2, 0.25) is 11.8 Å². The van der Waals surface area contributed by atoms with E-state index in [-0.39, 0.29) is 17.5 Å². The van der Waals surface area contributed by atoms with Crippen molar-refractivity contribution in [2.75, 3.05) is 39.8 Å². The van der Waals surface area contributed by atoms with E-state index in [0.29, 0.717) is 38.9 Å². The summed E-state index contributed by atoms with van der Waals surface area (Å²) < 4.78 is 0. The molecule has 0 aliphatic carbocycles. The largest absolute Gasteiger partial charge is 0.358 e. The summed E-state index contributed by atoms with van der Waals surface area (Å²) in [5.74, 6) is 2.73. The highest BCUT2D eigenvalue weighted by Gasteiger charge is 2.39. The van der Waals surface area contributed by atoms with Crippen molar-refractivity contribution in [2.45, 2.75) is 31.3 Å². The van der Waals surface area contributed by atoms with Crippen molar-refractivity contribution >= 4 is 11.8 Å².